The van der Waals surface area contributed by atoms with Crippen molar-refractivity contribution in [3.8, 4) is 0 Å². The molecule has 0 bridgehead atoms. The molecular weight excluding hydrogens is 197 g/mol. The quantitative estimate of drug-likeness (QED) is 0.809. The van der Waals surface area contributed by atoms with E-state index in [-0.39, 0.29) is 5.56 Å². The lowest BCUT2D eigenvalue weighted by Crippen LogP contribution is -2.45. The summed E-state index contributed by atoms with van der Waals surface area (Å²) in [6.07, 6.45) is 0. The molecule has 3 nitrogen and oxygen atoms in total. The van der Waals surface area contributed by atoms with Crippen molar-refractivity contribution in [3.05, 3.63) is 29.6 Å². The number of hydrogen-bond acceptors (Lipinski definition) is 2. The molecule has 1 N–H and O–H groups in total. The minimum atomic E-state index is -1.08. The van der Waals surface area contributed by atoms with Crippen molar-refractivity contribution in [1.82, 2.24) is 0 Å². The Morgan fingerprint density at radius 1 is 1.53 bits per heavy atom. The van der Waals surface area contributed by atoms with Crippen molar-refractivity contribution in [3.63, 3.8) is 0 Å². The third-order valence-electron chi connectivity index (χ3n) is 2.59. The van der Waals surface area contributed by atoms with E-state index in [2.05, 4.69) is 6.92 Å². The predicted octanol–water partition coefficient (Wildman–Crippen LogP) is 1.98. The van der Waals surface area contributed by atoms with Gasteiger partial charge in [0.2, 0.25) is 0 Å². The fraction of sp³-hybridized carbons (Fsp3) is 0.364. The van der Waals surface area contributed by atoms with Gasteiger partial charge in [0.1, 0.15) is 5.82 Å². The summed E-state index contributed by atoms with van der Waals surface area (Å²) in [5, 5.41) is 8.93. The van der Waals surface area contributed by atoms with Crippen LogP contribution in [0.5, 0.6) is 0 Å². The Hall–Kier alpha value is -1.58. The number of carbonyl (C=O) groups is 1. The van der Waals surface area contributed by atoms with Crippen molar-refractivity contribution < 1.29 is 14.3 Å². The normalized spacial score (nSPS) is 16.3. The third-order valence-corrected chi connectivity index (χ3v) is 2.59. The molecule has 0 aromatic heterocycles. The number of nitrogens with zero attached hydrogens (tertiary/aromatic N) is 1. The van der Waals surface area contributed by atoms with Crippen molar-refractivity contribution in [2.24, 2.45) is 5.92 Å². The van der Waals surface area contributed by atoms with Gasteiger partial charge < -0.3 is 10.0 Å². The molecular formula is C11H12FNO2. The van der Waals surface area contributed by atoms with Gasteiger partial charge in [0.15, 0.2) is 0 Å². The minimum absolute atomic E-state index is 0.0434. The van der Waals surface area contributed by atoms with Crippen molar-refractivity contribution in [2.45, 2.75) is 6.92 Å². The first-order valence-corrected chi connectivity index (χ1v) is 4.85. The topological polar surface area (TPSA) is 40.5 Å². The van der Waals surface area contributed by atoms with Crippen molar-refractivity contribution >= 4 is 11.7 Å². The Bertz CT molecular complexity index is 400. The molecule has 15 heavy (non-hydrogen) atoms. The Balaban J connectivity index is 2.34. The van der Waals surface area contributed by atoms with E-state index in [4.69, 9.17) is 5.11 Å². The number of aromatic carboxylic acids is 1. The summed E-state index contributed by atoms with van der Waals surface area (Å²) < 4.78 is 12.9. The largest absolute Gasteiger partial charge is 0.478 e. The SMILES string of the molecule is CC1CN(c2ccc(F)cc2C(=O)O)C1. The first-order chi connectivity index (χ1) is 7.08. The van der Waals surface area contributed by atoms with Crippen LogP contribution >= 0.6 is 0 Å². The van der Waals surface area contributed by atoms with Gasteiger partial charge in [0.25, 0.3) is 0 Å². The number of carboxylic acid groups (broad SMARTS) is 1. The maximum absolute atomic E-state index is 12.9. The van der Waals surface area contributed by atoms with Gasteiger partial charge in [-0.15, -0.1) is 0 Å². The van der Waals surface area contributed by atoms with Gasteiger partial charge in [0, 0.05) is 13.1 Å². The standard InChI is InChI=1S/C11H12FNO2/c1-7-5-13(6-7)10-3-2-8(12)4-9(10)11(14)15/h2-4,7H,5-6H2,1H3,(H,14,15). The van der Waals surface area contributed by atoms with Gasteiger partial charge in [-0.1, -0.05) is 6.92 Å². The molecule has 4 heteroatoms. The molecule has 80 valence electrons. The molecule has 1 aromatic carbocycles. The highest BCUT2D eigenvalue weighted by atomic mass is 19.1. The molecule has 1 fully saturated rings. The van der Waals surface area contributed by atoms with Crippen LogP contribution in [0.3, 0.4) is 0 Å². The molecule has 1 aliphatic heterocycles. The number of halogens is 1. The van der Waals surface area contributed by atoms with Crippen LogP contribution in [-0.4, -0.2) is 24.2 Å². The van der Waals surface area contributed by atoms with Gasteiger partial charge >= 0.3 is 5.97 Å². The van der Waals surface area contributed by atoms with Crippen LogP contribution in [0.2, 0.25) is 0 Å². The zero-order valence-corrected chi connectivity index (χ0v) is 8.40. The zero-order chi connectivity index (χ0) is 11.0. The Kier molecular flexibility index (Phi) is 2.34. The van der Waals surface area contributed by atoms with E-state index in [9.17, 15) is 9.18 Å². The molecule has 1 aliphatic rings. The second-order valence-electron chi connectivity index (χ2n) is 3.98. The van der Waals surface area contributed by atoms with Crippen molar-refractivity contribution in [1.29, 1.82) is 0 Å². The molecule has 0 unspecified atom stereocenters. The van der Waals surface area contributed by atoms with E-state index in [1.165, 1.54) is 12.1 Å². The van der Waals surface area contributed by atoms with Gasteiger partial charge in [-0.2, -0.15) is 0 Å². The summed E-state index contributed by atoms with van der Waals surface area (Å²) in [5.74, 6) is -1.01. The highest BCUT2D eigenvalue weighted by molar-refractivity contribution is 5.94. The molecule has 0 amide bonds. The highest BCUT2D eigenvalue weighted by Crippen LogP contribution is 2.28. The summed E-state index contributed by atoms with van der Waals surface area (Å²) >= 11 is 0. The number of hydrogen-bond donors (Lipinski definition) is 1. The first-order valence-electron chi connectivity index (χ1n) is 4.85. The van der Waals surface area contributed by atoms with E-state index in [0.29, 0.717) is 11.6 Å². The highest BCUT2D eigenvalue weighted by Gasteiger charge is 2.26. The lowest BCUT2D eigenvalue weighted by molar-refractivity contribution is 0.0696. The average Bonchev–Trinajstić information content (AvgIpc) is 2.13. The van der Waals surface area contributed by atoms with Gasteiger partial charge in [0.05, 0.1) is 11.3 Å². The smallest absolute Gasteiger partial charge is 0.337 e. The fourth-order valence-corrected chi connectivity index (χ4v) is 1.85. The Labute approximate surface area is 87.1 Å². The van der Waals surface area contributed by atoms with Crippen LogP contribution in [0.15, 0.2) is 18.2 Å². The molecule has 0 atom stereocenters. The van der Waals surface area contributed by atoms with E-state index in [1.807, 2.05) is 4.90 Å². The molecule has 1 heterocycles. The second-order valence-corrected chi connectivity index (χ2v) is 3.98. The molecule has 0 aliphatic carbocycles. The summed E-state index contributed by atoms with van der Waals surface area (Å²) in [6, 6.07) is 3.90. The average molecular weight is 209 g/mol. The summed E-state index contributed by atoms with van der Waals surface area (Å²) in [6.45, 7) is 3.78. The van der Waals surface area contributed by atoms with E-state index >= 15 is 0 Å². The van der Waals surface area contributed by atoms with Gasteiger partial charge in [-0.05, 0) is 24.1 Å². The van der Waals surface area contributed by atoms with Crippen LogP contribution in [0.1, 0.15) is 17.3 Å². The van der Waals surface area contributed by atoms with Crippen molar-refractivity contribution in [2.75, 3.05) is 18.0 Å². The minimum Gasteiger partial charge on any atom is -0.478 e. The summed E-state index contributed by atoms with van der Waals surface area (Å²) in [5.41, 5.74) is 0.656. The number of rotatable bonds is 2. The fourth-order valence-electron chi connectivity index (χ4n) is 1.85. The second kappa shape index (κ2) is 3.53. The maximum atomic E-state index is 12.9. The number of benzene rings is 1. The van der Waals surface area contributed by atoms with Crippen LogP contribution in [0, 0.1) is 11.7 Å². The van der Waals surface area contributed by atoms with Crippen LogP contribution in [-0.2, 0) is 0 Å². The molecule has 0 saturated carbocycles. The van der Waals surface area contributed by atoms with E-state index in [1.54, 1.807) is 0 Å². The van der Waals surface area contributed by atoms with E-state index in [0.717, 1.165) is 19.2 Å². The molecule has 0 spiro atoms. The lowest BCUT2D eigenvalue weighted by Gasteiger charge is -2.39. The van der Waals surface area contributed by atoms with Crippen LogP contribution in [0.25, 0.3) is 0 Å². The predicted molar refractivity (Wildman–Crippen MR) is 54.7 cm³/mol. The van der Waals surface area contributed by atoms with Crippen LogP contribution in [0.4, 0.5) is 10.1 Å². The van der Waals surface area contributed by atoms with Gasteiger partial charge in [-0.3, -0.25) is 0 Å². The molecule has 1 saturated heterocycles. The molecule has 1 aromatic rings. The first kappa shape index (κ1) is 9.96. The Morgan fingerprint density at radius 2 is 2.20 bits per heavy atom. The van der Waals surface area contributed by atoms with Gasteiger partial charge in [-0.25, -0.2) is 9.18 Å². The summed E-state index contributed by atoms with van der Waals surface area (Å²) in [7, 11) is 0. The van der Waals surface area contributed by atoms with E-state index < -0.39 is 11.8 Å². The molecule has 2 rings (SSSR count). The Morgan fingerprint density at radius 3 is 2.73 bits per heavy atom. The molecule has 0 radical (unpaired) electrons. The third kappa shape index (κ3) is 1.79. The number of anilines is 1. The maximum Gasteiger partial charge on any atom is 0.337 e. The lowest BCUT2D eigenvalue weighted by atomic mass is 10.00. The number of carboxylic acids is 1. The van der Waals surface area contributed by atoms with Crippen LogP contribution < -0.4 is 4.90 Å². The monoisotopic (exact) mass is 209 g/mol. The summed E-state index contributed by atoms with van der Waals surface area (Å²) in [4.78, 5) is 12.9. The zero-order valence-electron chi connectivity index (χ0n) is 8.40.